The van der Waals surface area contributed by atoms with Crippen LogP contribution < -0.4 is 5.32 Å². The van der Waals surface area contributed by atoms with E-state index < -0.39 is 0 Å². The second-order valence-corrected chi connectivity index (χ2v) is 5.62. The van der Waals surface area contributed by atoms with Gasteiger partial charge in [-0.1, -0.05) is 26.3 Å². The van der Waals surface area contributed by atoms with Crippen molar-refractivity contribution in [1.29, 1.82) is 0 Å². The number of carbonyl (C=O) groups is 3. The summed E-state index contributed by atoms with van der Waals surface area (Å²) in [5.74, 6) is -0.725. The van der Waals surface area contributed by atoms with Crippen LogP contribution in [-0.2, 0) is 4.79 Å². The van der Waals surface area contributed by atoms with Crippen LogP contribution in [0.25, 0.3) is 0 Å². The van der Waals surface area contributed by atoms with E-state index in [1.165, 1.54) is 4.90 Å². The molecule has 3 amide bonds. The number of anilines is 1. The van der Waals surface area contributed by atoms with Gasteiger partial charge in [-0.2, -0.15) is 0 Å². The smallest absolute Gasteiger partial charge is 0.263 e. The second-order valence-electron chi connectivity index (χ2n) is 5.62. The number of hydrogen-bond donors (Lipinski definition) is 1. The standard InChI is InChI=1S/C17H22N2O3/c1-4-6-10-14(20)18-13-9-7-8-12-15(13)17(22)19(16(12)21)11(3)5-2/h7-9,11H,4-6,10H2,1-3H3,(H,18,20). The molecule has 0 aliphatic carbocycles. The Morgan fingerprint density at radius 1 is 1.23 bits per heavy atom. The Bertz CT molecular complexity index is 610. The fourth-order valence-electron chi connectivity index (χ4n) is 2.54. The number of nitrogens with one attached hydrogen (secondary N) is 1. The van der Waals surface area contributed by atoms with Crippen molar-refractivity contribution in [1.82, 2.24) is 4.90 Å². The Morgan fingerprint density at radius 3 is 2.59 bits per heavy atom. The number of rotatable bonds is 6. The number of unbranched alkanes of at least 4 members (excludes halogenated alkanes) is 1. The Kier molecular flexibility index (Phi) is 4.96. The molecule has 1 aromatic carbocycles. The number of benzene rings is 1. The van der Waals surface area contributed by atoms with Gasteiger partial charge in [0.1, 0.15) is 0 Å². The molecule has 0 aromatic heterocycles. The van der Waals surface area contributed by atoms with Crippen LogP contribution in [0.5, 0.6) is 0 Å². The highest BCUT2D eigenvalue weighted by Crippen LogP contribution is 2.31. The molecule has 118 valence electrons. The molecule has 5 heteroatoms. The van der Waals surface area contributed by atoms with Crippen LogP contribution in [0.1, 0.15) is 67.2 Å². The average molecular weight is 302 g/mol. The molecule has 0 bridgehead atoms. The highest BCUT2D eigenvalue weighted by atomic mass is 16.2. The van der Waals surface area contributed by atoms with Gasteiger partial charge in [0.05, 0.1) is 16.8 Å². The molecule has 1 aliphatic rings. The van der Waals surface area contributed by atoms with Gasteiger partial charge in [0.25, 0.3) is 11.8 Å². The monoisotopic (exact) mass is 302 g/mol. The number of carbonyl (C=O) groups excluding carboxylic acids is 3. The maximum absolute atomic E-state index is 12.6. The van der Waals surface area contributed by atoms with Gasteiger partial charge in [-0.05, 0) is 31.9 Å². The van der Waals surface area contributed by atoms with E-state index in [0.717, 1.165) is 12.8 Å². The van der Waals surface area contributed by atoms with Crippen LogP contribution >= 0.6 is 0 Å². The molecular weight excluding hydrogens is 280 g/mol. The lowest BCUT2D eigenvalue weighted by Crippen LogP contribution is -2.37. The Morgan fingerprint density at radius 2 is 1.95 bits per heavy atom. The van der Waals surface area contributed by atoms with E-state index >= 15 is 0 Å². The minimum atomic E-state index is -0.319. The summed E-state index contributed by atoms with van der Waals surface area (Å²) < 4.78 is 0. The summed E-state index contributed by atoms with van der Waals surface area (Å²) in [4.78, 5) is 38.2. The maximum Gasteiger partial charge on any atom is 0.263 e. The van der Waals surface area contributed by atoms with E-state index in [1.807, 2.05) is 20.8 Å². The zero-order chi connectivity index (χ0) is 16.3. The summed E-state index contributed by atoms with van der Waals surface area (Å²) >= 11 is 0. The minimum Gasteiger partial charge on any atom is -0.325 e. The van der Waals surface area contributed by atoms with Crippen LogP contribution in [-0.4, -0.2) is 28.7 Å². The van der Waals surface area contributed by atoms with Crippen LogP contribution in [0.3, 0.4) is 0 Å². The fourth-order valence-corrected chi connectivity index (χ4v) is 2.54. The van der Waals surface area contributed by atoms with Gasteiger partial charge in [-0.25, -0.2) is 0 Å². The number of amides is 3. The molecule has 1 aliphatic heterocycles. The quantitative estimate of drug-likeness (QED) is 0.821. The van der Waals surface area contributed by atoms with E-state index in [-0.39, 0.29) is 23.8 Å². The summed E-state index contributed by atoms with van der Waals surface area (Å²) in [6.45, 7) is 5.79. The van der Waals surface area contributed by atoms with Crippen LogP contribution in [0, 0.1) is 0 Å². The highest BCUT2D eigenvalue weighted by Gasteiger charge is 2.39. The Balaban J connectivity index is 2.31. The van der Waals surface area contributed by atoms with Crippen molar-refractivity contribution in [2.24, 2.45) is 0 Å². The highest BCUT2D eigenvalue weighted by molar-refractivity contribution is 6.24. The summed E-state index contributed by atoms with van der Waals surface area (Å²) in [6.07, 6.45) is 2.84. The summed E-state index contributed by atoms with van der Waals surface area (Å²) in [5, 5.41) is 2.77. The van der Waals surface area contributed by atoms with Crippen molar-refractivity contribution in [3.8, 4) is 0 Å². The molecule has 5 nitrogen and oxygen atoms in total. The first kappa shape index (κ1) is 16.2. The summed E-state index contributed by atoms with van der Waals surface area (Å²) in [5.41, 5.74) is 1.12. The van der Waals surface area contributed by atoms with Crippen molar-refractivity contribution in [2.75, 3.05) is 5.32 Å². The molecule has 0 saturated carbocycles. The lowest BCUT2D eigenvalue weighted by Gasteiger charge is -2.20. The summed E-state index contributed by atoms with van der Waals surface area (Å²) in [7, 11) is 0. The van der Waals surface area contributed by atoms with E-state index in [2.05, 4.69) is 5.32 Å². The zero-order valence-electron chi connectivity index (χ0n) is 13.3. The number of fused-ring (bicyclic) bond motifs is 1. The molecule has 0 spiro atoms. The lowest BCUT2D eigenvalue weighted by atomic mass is 10.1. The first-order valence-corrected chi connectivity index (χ1v) is 7.82. The molecule has 0 saturated heterocycles. The number of hydrogen-bond acceptors (Lipinski definition) is 3. The fraction of sp³-hybridized carbons (Fsp3) is 0.471. The second kappa shape index (κ2) is 6.73. The first-order valence-electron chi connectivity index (χ1n) is 7.82. The van der Waals surface area contributed by atoms with Gasteiger partial charge in [-0.3, -0.25) is 19.3 Å². The van der Waals surface area contributed by atoms with Crippen LogP contribution in [0.2, 0.25) is 0 Å². The minimum absolute atomic E-state index is 0.127. The average Bonchev–Trinajstić information content (AvgIpc) is 2.77. The Labute approximate surface area is 130 Å². The number of nitrogens with zero attached hydrogens (tertiary/aromatic N) is 1. The third kappa shape index (κ3) is 2.89. The SMILES string of the molecule is CCCCC(=O)Nc1cccc2c1C(=O)N(C(C)CC)C2=O. The molecule has 0 radical (unpaired) electrons. The molecule has 22 heavy (non-hydrogen) atoms. The van der Waals surface area contributed by atoms with Crippen molar-refractivity contribution < 1.29 is 14.4 Å². The van der Waals surface area contributed by atoms with E-state index in [0.29, 0.717) is 29.7 Å². The predicted octanol–water partition coefficient (Wildman–Crippen LogP) is 3.21. The van der Waals surface area contributed by atoms with Gasteiger partial charge >= 0.3 is 0 Å². The molecule has 1 N–H and O–H groups in total. The van der Waals surface area contributed by atoms with E-state index in [9.17, 15) is 14.4 Å². The third-order valence-electron chi connectivity index (χ3n) is 4.01. The van der Waals surface area contributed by atoms with Crippen molar-refractivity contribution >= 4 is 23.4 Å². The topological polar surface area (TPSA) is 66.5 Å². The normalized spacial score (nSPS) is 15.0. The van der Waals surface area contributed by atoms with Crippen molar-refractivity contribution in [3.63, 3.8) is 0 Å². The van der Waals surface area contributed by atoms with E-state index in [4.69, 9.17) is 0 Å². The number of imide groups is 1. The molecule has 0 fully saturated rings. The largest absolute Gasteiger partial charge is 0.325 e. The maximum atomic E-state index is 12.6. The van der Waals surface area contributed by atoms with Crippen LogP contribution in [0.4, 0.5) is 5.69 Å². The van der Waals surface area contributed by atoms with Crippen molar-refractivity contribution in [3.05, 3.63) is 29.3 Å². The molecule has 1 aromatic rings. The summed E-state index contributed by atoms with van der Waals surface area (Å²) in [6, 6.07) is 4.85. The van der Waals surface area contributed by atoms with Gasteiger partial charge in [0.15, 0.2) is 0 Å². The lowest BCUT2D eigenvalue weighted by molar-refractivity contribution is -0.116. The molecule has 1 heterocycles. The molecule has 1 unspecified atom stereocenters. The van der Waals surface area contributed by atoms with Gasteiger partial charge in [-0.15, -0.1) is 0 Å². The van der Waals surface area contributed by atoms with Crippen molar-refractivity contribution in [2.45, 2.75) is 52.5 Å². The first-order chi connectivity index (χ1) is 10.5. The van der Waals surface area contributed by atoms with E-state index in [1.54, 1.807) is 18.2 Å². The molecule has 2 rings (SSSR count). The van der Waals surface area contributed by atoms with Gasteiger partial charge in [0.2, 0.25) is 5.91 Å². The third-order valence-corrected chi connectivity index (χ3v) is 4.01. The zero-order valence-corrected chi connectivity index (χ0v) is 13.3. The van der Waals surface area contributed by atoms with Gasteiger partial charge < -0.3 is 5.32 Å². The van der Waals surface area contributed by atoms with Crippen LogP contribution in [0.15, 0.2) is 18.2 Å². The Hall–Kier alpha value is -2.17. The molecule has 1 atom stereocenters. The molecular formula is C17H22N2O3. The van der Waals surface area contributed by atoms with Gasteiger partial charge in [0, 0.05) is 12.5 Å². The predicted molar refractivity (Wildman–Crippen MR) is 84.8 cm³/mol.